The van der Waals surface area contributed by atoms with Gasteiger partial charge in [-0.2, -0.15) is 4.98 Å². The zero-order chi connectivity index (χ0) is 19.7. The molecule has 1 saturated carbocycles. The van der Waals surface area contributed by atoms with Crippen molar-refractivity contribution < 1.29 is 13.9 Å². The van der Waals surface area contributed by atoms with E-state index in [-0.39, 0.29) is 34.9 Å². The molecule has 0 aliphatic heterocycles. The Balaban J connectivity index is 1.78. The van der Waals surface area contributed by atoms with Crippen molar-refractivity contribution in [2.75, 3.05) is 5.73 Å². The van der Waals surface area contributed by atoms with Crippen LogP contribution in [0.3, 0.4) is 0 Å². The minimum atomic E-state index is -0.722. The minimum Gasteiger partial charge on any atom is -0.421 e. The minimum absolute atomic E-state index is 0.0151. The van der Waals surface area contributed by atoms with Crippen LogP contribution in [0.5, 0.6) is 11.8 Å². The number of aromatic nitrogens is 4. The first-order chi connectivity index (χ1) is 13.5. The summed E-state index contributed by atoms with van der Waals surface area (Å²) in [6.45, 7) is 0. The highest BCUT2D eigenvalue weighted by atomic mass is 19.1. The normalized spacial score (nSPS) is 13.8. The molecule has 0 spiro atoms. The van der Waals surface area contributed by atoms with Gasteiger partial charge in [0, 0.05) is 35.3 Å². The van der Waals surface area contributed by atoms with Crippen molar-refractivity contribution in [1.82, 2.24) is 19.9 Å². The molecule has 28 heavy (non-hydrogen) atoms. The summed E-state index contributed by atoms with van der Waals surface area (Å²) in [5.74, 6) is -0.977. The lowest BCUT2D eigenvalue weighted by Crippen LogP contribution is -2.14. The third-order valence-electron chi connectivity index (χ3n) is 4.73. The number of anilines is 1. The molecular weight excluding hydrogens is 363 g/mol. The summed E-state index contributed by atoms with van der Waals surface area (Å²) in [5.41, 5.74) is 12.2. The van der Waals surface area contributed by atoms with Crippen LogP contribution in [0.2, 0.25) is 0 Å². The van der Waals surface area contributed by atoms with Gasteiger partial charge in [0.2, 0.25) is 5.95 Å². The third-order valence-corrected chi connectivity index (χ3v) is 4.73. The predicted octanol–water partition coefficient (Wildman–Crippen LogP) is 2.81. The van der Waals surface area contributed by atoms with Crippen molar-refractivity contribution in [3.05, 3.63) is 53.9 Å². The highest BCUT2D eigenvalue weighted by molar-refractivity contribution is 5.90. The SMILES string of the molecule is NC(=O)c1ccnc(Oc2c(C3CCC3)ccc(-c3cnc(N)nc3)c2F)n1. The molecule has 0 saturated heterocycles. The van der Waals surface area contributed by atoms with E-state index in [1.54, 1.807) is 6.07 Å². The van der Waals surface area contributed by atoms with E-state index in [0.29, 0.717) is 5.56 Å². The van der Waals surface area contributed by atoms with Crippen LogP contribution in [-0.2, 0) is 0 Å². The summed E-state index contributed by atoms with van der Waals surface area (Å²) in [6.07, 6.45) is 7.19. The lowest BCUT2D eigenvalue weighted by atomic mass is 9.79. The maximum atomic E-state index is 15.4. The fourth-order valence-electron chi connectivity index (χ4n) is 3.03. The maximum Gasteiger partial charge on any atom is 0.322 e. The molecule has 3 aromatic rings. The van der Waals surface area contributed by atoms with Gasteiger partial charge in [-0.15, -0.1) is 0 Å². The summed E-state index contributed by atoms with van der Waals surface area (Å²) in [7, 11) is 0. The average molecular weight is 380 g/mol. The van der Waals surface area contributed by atoms with E-state index in [9.17, 15) is 4.79 Å². The quantitative estimate of drug-likeness (QED) is 0.696. The molecule has 1 aliphatic rings. The molecule has 0 bridgehead atoms. The number of benzene rings is 1. The summed E-state index contributed by atoms with van der Waals surface area (Å²) in [5, 5.41) is 0. The van der Waals surface area contributed by atoms with Gasteiger partial charge < -0.3 is 16.2 Å². The van der Waals surface area contributed by atoms with Crippen LogP contribution < -0.4 is 16.2 Å². The fraction of sp³-hybridized carbons (Fsp3) is 0.211. The van der Waals surface area contributed by atoms with Gasteiger partial charge in [-0.3, -0.25) is 4.79 Å². The molecule has 4 rings (SSSR count). The number of hydrogen-bond donors (Lipinski definition) is 2. The highest BCUT2D eigenvalue weighted by Crippen LogP contribution is 2.44. The third kappa shape index (κ3) is 3.34. The van der Waals surface area contributed by atoms with E-state index in [1.807, 2.05) is 6.07 Å². The number of nitrogens with two attached hydrogens (primary N) is 2. The van der Waals surface area contributed by atoms with Crippen LogP contribution in [0, 0.1) is 5.82 Å². The van der Waals surface area contributed by atoms with Gasteiger partial charge in [0.25, 0.3) is 5.91 Å². The van der Waals surface area contributed by atoms with Gasteiger partial charge in [-0.1, -0.05) is 18.6 Å². The lowest BCUT2D eigenvalue weighted by Gasteiger charge is -2.28. The molecule has 0 radical (unpaired) electrons. The van der Waals surface area contributed by atoms with Crippen molar-refractivity contribution in [2.24, 2.45) is 5.73 Å². The Morgan fingerprint density at radius 2 is 1.89 bits per heavy atom. The van der Waals surface area contributed by atoms with Gasteiger partial charge in [-0.05, 0) is 24.8 Å². The largest absolute Gasteiger partial charge is 0.421 e. The van der Waals surface area contributed by atoms with Crippen LogP contribution in [0.1, 0.15) is 41.2 Å². The second-order valence-corrected chi connectivity index (χ2v) is 6.49. The number of primary amides is 1. The second-order valence-electron chi connectivity index (χ2n) is 6.49. The van der Waals surface area contributed by atoms with Crippen LogP contribution in [0.15, 0.2) is 36.8 Å². The topological polar surface area (TPSA) is 130 Å². The Morgan fingerprint density at radius 3 is 2.54 bits per heavy atom. The fourth-order valence-corrected chi connectivity index (χ4v) is 3.03. The highest BCUT2D eigenvalue weighted by Gasteiger charge is 2.27. The molecule has 8 nitrogen and oxygen atoms in total. The molecule has 0 atom stereocenters. The molecule has 4 N–H and O–H groups in total. The Labute approximate surface area is 159 Å². The van der Waals surface area contributed by atoms with E-state index in [4.69, 9.17) is 16.2 Å². The number of amides is 1. The Kier molecular flexibility index (Phi) is 4.56. The molecular formula is C19H17FN6O2. The molecule has 2 aromatic heterocycles. The van der Waals surface area contributed by atoms with Gasteiger partial charge >= 0.3 is 6.01 Å². The number of ether oxygens (including phenoxy) is 1. The van der Waals surface area contributed by atoms with Crippen molar-refractivity contribution in [3.63, 3.8) is 0 Å². The molecule has 1 fully saturated rings. The Morgan fingerprint density at radius 1 is 1.14 bits per heavy atom. The standard InChI is InChI=1S/C19H17FN6O2/c20-15-12(11-8-24-18(22)25-9-11)4-5-13(10-2-1-3-10)16(15)28-19-23-7-6-14(26-19)17(21)27/h4-10H,1-3H2,(H2,21,27)(H2,22,24,25). The molecule has 1 amide bonds. The zero-order valence-electron chi connectivity index (χ0n) is 14.8. The maximum absolute atomic E-state index is 15.4. The second kappa shape index (κ2) is 7.18. The Bertz CT molecular complexity index is 1040. The Hall–Kier alpha value is -3.62. The van der Waals surface area contributed by atoms with E-state index in [0.717, 1.165) is 24.8 Å². The van der Waals surface area contributed by atoms with Gasteiger partial charge in [0.1, 0.15) is 5.69 Å². The number of nitrogens with zero attached hydrogens (tertiary/aromatic N) is 4. The van der Waals surface area contributed by atoms with E-state index in [1.165, 1.54) is 24.7 Å². The van der Waals surface area contributed by atoms with Crippen LogP contribution in [0.25, 0.3) is 11.1 Å². The monoisotopic (exact) mass is 380 g/mol. The molecule has 1 aliphatic carbocycles. The van der Waals surface area contributed by atoms with Crippen molar-refractivity contribution in [2.45, 2.75) is 25.2 Å². The van der Waals surface area contributed by atoms with Gasteiger partial charge in [-0.25, -0.2) is 19.3 Å². The summed E-state index contributed by atoms with van der Waals surface area (Å²) >= 11 is 0. The summed E-state index contributed by atoms with van der Waals surface area (Å²) in [6, 6.07) is 4.71. The number of hydrogen-bond acceptors (Lipinski definition) is 7. The number of rotatable bonds is 5. The van der Waals surface area contributed by atoms with Crippen LogP contribution >= 0.6 is 0 Å². The zero-order valence-corrected chi connectivity index (χ0v) is 14.8. The molecule has 2 heterocycles. The van der Waals surface area contributed by atoms with E-state index in [2.05, 4.69) is 19.9 Å². The van der Waals surface area contributed by atoms with Crippen LogP contribution in [0.4, 0.5) is 10.3 Å². The number of carbonyl (C=O) groups excluding carboxylic acids is 1. The van der Waals surface area contributed by atoms with E-state index >= 15 is 4.39 Å². The molecule has 9 heteroatoms. The molecule has 1 aromatic carbocycles. The lowest BCUT2D eigenvalue weighted by molar-refractivity contribution is 0.0994. The first-order valence-corrected chi connectivity index (χ1v) is 8.74. The van der Waals surface area contributed by atoms with E-state index < -0.39 is 11.7 Å². The number of halogens is 1. The van der Waals surface area contributed by atoms with Gasteiger partial charge in [0.15, 0.2) is 11.6 Å². The molecule has 0 unspecified atom stereocenters. The first kappa shape index (κ1) is 17.8. The summed E-state index contributed by atoms with van der Waals surface area (Å²) in [4.78, 5) is 27.1. The van der Waals surface area contributed by atoms with Crippen molar-refractivity contribution in [1.29, 1.82) is 0 Å². The summed E-state index contributed by atoms with van der Waals surface area (Å²) < 4.78 is 21.1. The average Bonchev–Trinajstić information content (AvgIpc) is 2.64. The predicted molar refractivity (Wildman–Crippen MR) is 99.1 cm³/mol. The van der Waals surface area contributed by atoms with Crippen LogP contribution in [-0.4, -0.2) is 25.8 Å². The number of carbonyl (C=O) groups is 1. The van der Waals surface area contributed by atoms with Crippen molar-refractivity contribution >= 4 is 11.9 Å². The first-order valence-electron chi connectivity index (χ1n) is 8.74. The smallest absolute Gasteiger partial charge is 0.322 e. The van der Waals surface area contributed by atoms with Crippen molar-refractivity contribution in [3.8, 4) is 22.9 Å². The molecule has 142 valence electrons. The number of nitrogen functional groups attached to an aromatic ring is 1. The van der Waals surface area contributed by atoms with Gasteiger partial charge in [0.05, 0.1) is 0 Å².